The van der Waals surface area contributed by atoms with Crippen molar-refractivity contribution in [1.29, 1.82) is 0 Å². The molecule has 0 aromatic carbocycles. The molecule has 0 bridgehead atoms. The fourth-order valence-corrected chi connectivity index (χ4v) is 3.14. The second kappa shape index (κ2) is 5.24. The molecular formula is C14H24N2O4. The van der Waals surface area contributed by atoms with Gasteiger partial charge in [-0.25, -0.2) is 4.79 Å². The van der Waals surface area contributed by atoms with Crippen molar-refractivity contribution < 1.29 is 19.4 Å². The maximum atomic E-state index is 12.0. The van der Waals surface area contributed by atoms with Crippen LogP contribution in [0.3, 0.4) is 0 Å². The van der Waals surface area contributed by atoms with E-state index >= 15 is 0 Å². The molecule has 1 atom stereocenters. The van der Waals surface area contributed by atoms with Crippen LogP contribution in [0.4, 0.5) is 4.79 Å². The topological polar surface area (TPSA) is 78.9 Å². The second-order valence-electron chi connectivity index (χ2n) is 6.85. The summed E-state index contributed by atoms with van der Waals surface area (Å²) in [7, 11) is 0. The molecule has 114 valence electrons. The van der Waals surface area contributed by atoms with Gasteiger partial charge in [0.15, 0.2) is 0 Å². The number of carboxylic acids is 1. The summed E-state index contributed by atoms with van der Waals surface area (Å²) in [6.07, 6.45) is 1.14. The summed E-state index contributed by atoms with van der Waals surface area (Å²) >= 11 is 0. The number of ether oxygens (including phenoxy) is 1. The zero-order chi connectivity index (χ0) is 15.0. The number of amides is 1. The average Bonchev–Trinajstić information content (AvgIpc) is 2.71. The molecule has 6 heteroatoms. The van der Waals surface area contributed by atoms with Crippen LogP contribution in [-0.2, 0) is 9.53 Å². The van der Waals surface area contributed by atoms with E-state index in [2.05, 4.69) is 5.32 Å². The van der Waals surface area contributed by atoms with Gasteiger partial charge in [-0.2, -0.15) is 0 Å². The second-order valence-corrected chi connectivity index (χ2v) is 6.85. The van der Waals surface area contributed by atoms with Gasteiger partial charge in [-0.1, -0.05) is 0 Å². The third kappa shape index (κ3) is 3.06. The lowest BCUT2D eigenvalue weighted by Gasteiger charge is -2.41. The van der Waals surface area contributed by atoms with Crippen molar-refractivity contribution in [2.45, 2.75) is 39.2 Å². The Labute approximate surface area is 119 Å². The molecule has 2 N–H and O–H groups in total. The van der Waals surface area contributed by atoms with Gasteiger partial charge < -0.3 is 20.1 Å². The number of carbonyl (C=O) groups is 2. The molecule has 20 heavy (non-hydrogen) atoms. The summed E-state index contributed by atoms with van der Waals surface area (Å²) in [6.45, 7) is 7.93. The molecule has 0 unspecified atom stereocenters. The van der Waals surface area contributed by atoms with E-state index in [1.807, 2.05) is 20.8 Å². The molecule has 2 heterocycles. The highest BCUT2D eigenvalue weighted by atomic mass is 16.6. The third-order valence-electron chi connectivity index (χ3n) is 4.27. The van der Waals surface area contributed by atoms with Crippen molar-refractivity contribution in [1.82, 2.24) is 10.2 Å². The molecule has 2 aliphatic heterocycles. The first-order valence-corrected chi connectivity index (χ1v) is 7.15. The molecule has 0 saturated carbocycles. The third-order valence-corrected chi connectivity index (χ3v) is 4.27. The minimum absolute atomic E-state index is 0.204. The standard InChI is InChI=1S/C14H24N2O4/c1-13(2,3)20-12(19)16-6-4-14(5-7-16)9-15-8-10(14)11(17)18/h10,15H,4-9H2,1-3H3,(H,17,18)/t10-/m1/s1. The lowest BCUT2D eigenvalue weighted by atomic mass is 9.71. The van der Waals surface area contributed by atoms with E-state index in [9.17, 15) is 14.7 Å². The van der Waals surface area contributed by atoms with E-state index in [1.165, 1.54) is 0 Å². The Hall–Kier alpha value is -1.30. The zero-order valence-corrected chi connectivity index (χ0v) is 12.4. The number of rotatable bonds is 1. The highest BCUT2D eigenvalue weighted by Crippen LogP contribution is 2.41. The van der Waals surface area contributed by atoms with Crippen molar-refractivity contribution in [2.75, 3.05) is 26.2 Å². The number of nitrogens with zero attached hydrogens (tertiary/aromatic N) is 1. The van der Waals surface area contributed by atoms with Crippen LogP contribution in [0.25, 0.3) is 0 Å². The number of carbonyl (C=O) groups excluding carboxylic acids is 1. The monoisotopic (exact) mass is 284 g/mol. The number of piperidine rings is 1. The number of carboxylic acid groups (broad SMARTS) is 1. The molecule has 2 aliphatic rings. The first-order valence-electron chi connectivity index (χ1n) is 7.15. The van der Waals surface area contributed by atoms with Gasteiger partial charge in [-0.05, 0) is 33.6 Å². The smallest absolute Gasteiger partial charge is 0.410 e. The summed E-state index contributed by atoms with van der Waals surface area (Å²) in [5.41, 5.74) is -0.699. The van der Waals surface area contributed by atoms with Crippen molar-refractivity contribution in [3.8, 4) is 0 Å². The van der Waals surface area contributed by atoms with Gasteiger partial charge in [0.2, 0.25) is 0 Å². The van der Waals surface area contributed by atoms with E-state index in [1.54, 1.807) is 4.90 Å². The summed E-state index contributed by atoms with van der Waals surface area (Å²) in [5.74, 6) is -1.08. The van der Waals surface area contributed by atoms with Crippen LogP contribution >= 0.6 is 0 Å². The Bertz CT molecular complexity index is 394. The van der Waals surface area contributed by atoms with Crippen LogP contribution < -0.4 is 5.32 Å². The first kappa shape index (κ1) is 15.1. The van der Waals surface area contributed by atoms with Crippen LogP contribution in [0.5, 0.6) is 0 Å². The quantitative estimate of drug-likeness (QED) is 0.759. The number of aliphatic carboxylic acids is 1. The van der Waals surface area contributed by atoms with Gasteiger partial charge >= 0.3 is 12.1 Å². The lowest BCUT2D eigenvalue weighted by Crippen LogP contribution is -2.49. The summed E-state index contributed by atoms with van der Waals surface area (Å²) in [5, 5.41) is 12.5. The molecule has 2 fully saturated rings. The maximum absolute atomic E-state index is 12.0. The molecule has 1 amide bonds. The minimum Gasteiger partial charge on any atom is -0.481 e. The molecule has 0 radical (unpaired) electrons. The zero-order valence-electron chi connectivity index (χ0n) is 12.4. The SMILES string of the molecule is CC(C)(C)OC(=O)N1CCC2(CC1)CNC[C@@H]2C(=O)O. The molecule has 0 aromatic rings. The van der Waals surface area contributed by atoms with Gasteiger partial charge in [0.05, 0.1) is 5.92 Å². The summed E-state index contributed by atoms with van der Waals surface area (Å²) < 4.78 is 5.36. The number of likely N-dealkylation sites (tertiary alicyclic amines) is 1. The van der Waals surface area contributed by atoms with E-state index in [0.717, 1.165) is 19.4 Å². The Kier molecular flexibility index (Phi) is 3.95. The predicted octanol–water partition coefficient (Wildman–Crippen LogP) is 1.31. The molecule has 6 nitrogen and oxygen atoms in total. The van der Waals surface area contributed by atoms with E-state index in [-0.39, 0.29) is 17.4 Å². The molecule has 2 rings (SSSR count). The Balaban J connectivity index is 1.95. The molecular weight excluding hydrogens is 260 g/mol. The Morgan fingerprint density at radius 1 is 1.30 bits per heavy atom. The van der Waals surface area contributed by atoms with Gasteiger partial charge in [-0.15, -0.1) is 0 Å². The molecule has 0 aliphatic carbocycles. The fourth-order valence-electron chi connectivity index (χ4n) is 3.14. The van der Waals surface area contributed by atoms with Crippen molar-refractivity contribution >= 4 is 12.1 Å². The van der Waals surface area contributed by atoms with Crippen molar-refractivity contribution in [2.24, 2.45) is 11.3 Å². The van der Waals surface area contributed by atoms with Gasteiger partial charge in [0, 0.05) is 31.6 Å². The molecule has 0 aromatic heterocycles. The largest absolute Gasteiger partial charge is 0.481 e. The first-order chi connectivity index (χ1) is 9.23. The van der Waals surface area contributed by atoms with Gasteiger partial charge in [-0.3, -0.25) is 4.79 Å². The van der Waals surface area contributed by atoms with E-state index in [0.29, 0.717) is 19.6 Å². The summed E-state index contributed by atoms with van der Waals surface area (Å²) in [6, 6.07) is 0. The predicted molar refractivity (Wildman–Crippen MR) is 73.5 cm³/mol. The van der Waals surface area contributed by atoms with E-state index in [4.69, 9.17) is 4.74 Å². The van der Waals surface area contributed by atoms with Crippen LogP contribution in [0, 0.1) is 11.3 Å². The minimum atomic E-state index is -0.735. The lowest BCUT2D eigenvalue weighted by molar-refractivity contribution is -0.145. The number of nitrogens with one attached hydrogen (secondary N) is 1. The fraction of sp³-hybridized carbons (Fsp3) is 0.857. The maximum Gasteiger partial charge on any atom is 0.410 e. The van der Waals surface area contributed by atoms with Crippen molar-refractivity contribution in [3.63, 3.8) is 0 Å². The number of hydrogen-bond donors (Lipinski definition) is 2. The van der Waals surface area contributed by atoms with Gasteiger partial charge in [0.25, 0.3) is 0 Å². The Morgan fingerprint density at radius 2 is 1.90 bits per heavy atom. The van der Waals surface area contributed by atoms with Crippen LogP contribution in [0.2, 0.25) is 0 Å². The highest BCUT2D eigenvalue weighted by Gasteiger charge is 2.49. The molecule has 1 spiro atoms. The van der Waals surface area contributed by atoms with Crippen LogP contribution in [0.1, 0.15) is 33.6 Å². The van der Waals surface area contributed by atoms with Crippen LogP contribution in [-0.4, -0.2) is 53.8 Å². The highest BCUT2D eigenvalue weighted by molar-refractivity contribution is 5.72. The van der Waals surface area contributed by atoms with Crippen LogP contribution in [0.15, 0.2) is 0 Å². The molecule has 2 saturated heterocycles. The summed E-state index contributed by atoms with van der Waals surface area (Å²) in [4.78, 5) is 25.0. The normalized spacial score (nSPS) is 25.8. The van der Waals surface area contributed by atoms with E-state index < -0.39 is 11.6 Å². The Morgan fingerprint density at radius 3 is 2.40 bits per heavy atom. The van der Waals surface area contributed by atoms with Crippen molar-refractivity contribution in [3.05, 3.63) is 0 Å². The van der Waals surface area contributed by atoms with Gasteiger partial charge in [0.1, 0.15) is 5.60 Å². The number of hydrogen-bond acceptors (Lipinski definition) is 4. The average molecular weight is 284 g/mol.